The molecule has 8 nitrogen and oxygen atoms in total. The van der Waals surface area contributed by atoms with E-state index in [0.29, 0.717) is 6.07 Å². The molecular formula is C21H16BrF2N3O5. The number of primary amides is 1. The Labute approximate surface area is 188 Å². The first-order valence-electron chi connectivity index (χ1n) is 9.02. The van der Waals surface area contributed by atoms with Crippen LogP contribution in [0, 0.1) is 18.6 Å². The number of halogens is 3. The van der Waals surface area contributed by atoms with Crippen molar-refractivity contribution in [2.24, 2.45) is 5.73 Å². The maximum absolute atomic E-state index is 13.9. The van der Waals surface area contributed by atoms with Gasteiger partial charge in [0.15, 0.2) is 0 Å². The summed E-state index contributed by atoms with van der Waals surface area (Å²) in [6, 6.07) is 6.91. The minimum Gasteiger partial charge on any atom is -0.472 e. The molecule has 0 aliphatic heterocycles. The molecule has 1 heterocycles. The number of amides is 1. The number of nitrogens with zero attached hydrogens (tertiary/aromatic N) is 2. The number of aromatic nitrogens is 2. The lowest BCUT2D eigenvalue weighted by Crippen LogP contribution is -2.26. The summed E-state index contributed by atoms with van der Waals surface area (Å²) in [6.07, 6.45) is 0. The first-order chi connectivity index (χ1) is 15.1. The lowest BCUT2D eigenvalue weighted by molar-refractivity contribution is 0.0600. The lowest BCUT2D eigenvalue weighted by Gasteiger charge is -2.16. The van der Waals surface area contributed by atoms with Crippen LogP contribution in [0.15, 0.2) is 45.7 Å². The van der Waals surface area contributed by atoms with Crippen LogP contribution in [0.1, 0.15) is 32.1 Å². The van der Waals surface area contributed by atoms with Crippen molar-refractivity contribution in [1.29, 1.82) is 0 Å². The Morgan fingerprint density at radius 1 is 1.19 bits per heavy atom. The molecule has 0 radical (unpaired) electrons. The van der Waals surface area contributed by atoms with E-state index in [0.717, 1.165) is 10.6 Å². The van der Waals surface area contributed by atoms with Crippen LogP contribution in [0.5, 0.6) is 5.88 Å². The van der Waals surface area contributed by atoms with Crippen LogP contribution in [0.3, 0.4) is 0 Å². The number of rotatable bonds is 6. The maximum Gasteiger partial charge on any atom is 0.339 e. The number of carbonyl (C=O) groups is 2. The van der Waals surface area contributed by atoms with Crippen LogP contribution in [0.25, 0.3) is 5.69 Å². The number of nitrogens with two attached hydrogens (primary N) is 1. The molecule has 1 aromatic heterocycles. The van der Waals surface area contributed by atoms with Crippen LogP contribution in [0.4, 0.5) is 8.78 Å². The predicted molar refractivity (Wildman–Crippen MR) is 113 cm³/mol. The van der Waals surface area contributed by atoms with E-state index in [1.807, 2.05) is 0 Å². The molecule has 3 rings (SSSR count). The summed E-state index contributed by atoms with van der Waals surface area (Å²) in [7, 11) is 1.17. The molecule has 0 fully saturated rings. The fraction of sp³-hybridized carbons (Fsp3) is 0.143. The van der Waals surface area contributed by atoms with Crippen molar-refractivity contribution in [1.82, 2.24) is 9.55 Å². The molecule has 0 atom stereocenters. The van der Waals surface area contributed by atoms with Gasteiger partial charge in [0.05, 0.1) is 18.4 Å². The highest BCUT2D eigenvalue weighted by molar-refractivity contribution is 9.10. The zero-order valence-electron chi connectivity index (χ0n) is 16.8. The van der Waals surface area contributed by atoms with Gasteiger partial charge < -0.3 is 15.2 Å². The van der Waals surface area contributed by atoms with E-state index in [9.17, 15) is 23.2 Å². The van der Waals surface area contributed by atoms with Crippen LogP contribution in [-0.2, 0) is 11.3 Å². The van der Waals surface area contributed by atoms with E-state index in [1.54, 1.807) is 0 Å². The highest BCUT2D eigenvalue weighted by Gasteiger charge is 2.22. The van der Waals surface area contributed by atoms with Gasteiger partial charge in [-0.15, -0.1) is 0 Å². The van der Waals surface area contributed by atoms with E-state index >= 15 is 0 Å². The Morgan fingerprint density at radius 2 is 1.91 bits per heavy atom. The summed E-state index contributed by atoms with van der Waals surface area (Å²) in [5, 5.41) is 0. The van der Waals surface area contributed by atoms with Crippen molar-refractivity contribution in [2.75, 3.05) is 7.11 Å². The first-order valence-corrected chi connectivity index (χ1v) is 9.81. The number of carbonyl (C=O) groups excluding carboxylic acids is 2. The van der Waals surface area contributed by atoms with Gasteiger partial charge in [0, 0.05) is 17.2 Å². The molecule has 0 aliphatic rings. The van der Waals surface area contributed by atoms with Crippen LogP contribution < -0.4 is 16.0 Å². The van der Waals surface area contributed by atoms with Gasteiger partial charge >= 0.3 is 5.97 Å². The number of hydrogen-bond acceptors (Lipinski definition) is 6. The van der Waals surface area contributed by atoms with Gasteiger partial charge in [0.25, 0.3) is 5.56 Å². The number of aryl methyl sites for hydroxylation is 1. The minimum atomic E-state index is -0.808. The Balaban J connectivity index is 2.08. The Hall–Kier alpha value is -3.60. The van der Waals surface area contributed by atoms with Gasteiger partial charge in [-0.05, 0) is 53.2 Å². The molecule has 0 spiro atoms. The van der Waals surface area contributed by atoms with Crippen molar-refractivity contribution in [3.05, 3.63) is 85.4 Å². The number of hydrogen-bond donors (Lipinski definition) is 1. The van der Waals surface area contributed by atoms with Crippen molar-refractivity contribution in [3.8, 4) is 11.6 Å². The molecule has 0 saturated carbocycles. The smallest absolute Gasteiger partial charge is 0.339 e. The third-order valence-electron chi connectivity index (χ3n) is 4.47. The van der Waals surface area contributed by atoms with Crippen LogP contribution in [0.2, 0.25) is 0 Å². The van der Waals surface area contributed by atoms with E-state index in [4.69, 9.17) is 15.2 Å². The monoisotopic (exact) mass is 507 g/mol. The molecule has 11 heteroatoms. The fourth-order valence-electron chi connectivity index (χ4n) is 2.90. The lowest BCUT2D eigenvalue weighted by atomic mass is 10.1. The van der Waals surface area contributed by atoms with Gasteiger partial charge in [0.2, 0.25) is 11.8 Å². The van der Waals surface area contributed by atoms with Gasteiger partial charge in [-0.25, -0.2) is 13.6 Å². The predicted octanol–water partition coefficient (Wildman–Crippen LogP) is 3.05. The first kappa shape index (κ1) is 23.1. The van der Waals surface area contributed by atoms with Crippen molar-refractivity contribution in [2.45, 2.75) is 13.5 Å². The SMILES string of the molecule is COC(=O)c1ccc(C(N)=O)cc1-n1c(C)nc(OCc2ccc(F)cc2F)c(Br)c1=O. The second kappa shape index (κ2) is 9.27. The van der Waals surface area contributed by atoms with Crippen molar-refractivity contribution < 1.29 is 27.8 Å². The van der Waals surface area contributed by atoms with Gasteiger partial charge in [0.1, 0.15) is 28.5 Å². The number of esters is 1. The molecule has 0 saturated heterocycles. The van der Waals surface area contributed by atoms with E-state index in [2.05, 4.69) is 20.9 Å². The fourth-order valence-corrected chi connectivity index (χ4v) is 3.28. The van der Waals surface area contributed by atoms with Crippen molar-refractivity contribution in [3.63, 3.8) is 0 Å². The second-order valence-electron chi connectivity index (χ2n) is 6.53. The zero-order valence-corrected chi connectivity index (χ0v) is 18.4. The summed E-state index contributed by atoms with van der Waals surface area (Å²) in [5.74, 6) is -3.09. The van der Waals surface area contributed by atoms with E-state index in [-0.39, 0.29) is 45.2 Å². The molecule has 0 unspecified atom stereocenters. The van der Waals surface area contributed by atoms with Gasteiger partial charge in [-0.3, -0.25) is 14.2 Å². The van der Waals surface area contributed by atoms with E-state index in [1.165, 1.54) is 38.3 Å². The largest absolute Gasteiger partial charge is 0.472 e. The normalized spacial score (nSPS) is 10.7. The third kappa shape index (κ3) is 4.52. The van der Waals surface area contributed by atoms with Crippen LogP contribution in [-0.4, -0.2) is 28.5 Å². The summed E-state index contributed by atoms with van der Waals surface area (Å²) >= 11 is 3.11. The van der Waals surface area contributed by atoms with Gasteiger partial charge in [-0.2, -0.15) is 4.98 Å². The Kier molecular flexibility index (Phi) is 6.68. The molecule has 166 valence electrons. The summed E-state index contributed by atoms with van der Waals surface area (Å²) in [4.78, 5) is 41.1. The number of ether oxygens (including phenoxy) is 2. The molecule has 2 aromatic carbocycles. The molecular weight excluding hydrogens is 492 g/mol. The highest BCUT2D eigenvalue weighted by atomic mass is 79.9. The molecule has 32 heavy (non-hydrogen) atoms. The second-order valence-corrected chi connectivity index (χ2v) is 7.32. The molecule has 0 aliphatic carbocycles. The molecule has 1 amide bonds. The Bertz CT molecular complexity index is 1290. The quantitative estimate of drug-likeness (QED) is 0.513. The number of methoxy groups -OCH3 is 1. The number of benzene rings is 2. The minimum absolute atomic E-state index is 0.00143. The zero-order chi connectivity index (χ0) is 23.6. The van der Waals surface area contributed by atoms with Gasteiger partial charge in [-0.1, -0.05) is 0 Å². The molecule has 2 N–H and O–H groups in total. The van der Waals surface area contributed by atoms with Crippen molar-refractivity contribution >= 4 is 27.8 Å². The highest BCUT2D eigenvalue weighted by Crippen LogP contribution is 2.24. The Morgan fingerprint density at radius 3 is 2.53 bits per heavy atom. The maximum atomic E-state index is 13.9. The third-order valence-corrected chi connectivity index (χ3v) is 5.15. The van der Waals surface area contributed by atoms with E-state index < -0.39 is 29.1 Å². The molecule has 0 bridgehead atoms. The topological polar surface area (TPSA) is 114 Å². The average molecular weight is 508 g/mol. The summed E-state index contributed by atoms with van der Waals surface area (Å²) < 4.78 is 38.1. The standard InChI is InChI=1S/C21H16BrF2N3O5/c1-10-26-19(32-9-12-3-5-13(23)8-15(12)24)17(22)20(29)27(10)16-7-11(18(25)28)4-6-14(16)21(30)31-2/h3-8H,9H2,1-2H3,(H2,25,28). The average Bonchev–Trinajstić information content (AvgIpc) is 2.75. The summed E-state index contributed by atoms with van der Waals surface area (Å²) in [5.41, 5.74) is 4.80. The van der Waals surface area contributed by atoms with Crippen LogP contribution >= 0.6 is 15.9 Å². The summed E-state index contributed by atoms with van der Waals surface area (Å²) in [6.45, 7) is 1.16. The molecule has 3 aromatic rings.